The molecular formula is C15H26BrNS. The molecule has 0 spiro atoms. The third-order valence-corrected chi connectivity index (χ3v) is 4.71. The van der Waals surface area contributed by atoms with Crippen molar-refractivity contribution in [3.63, 3.8) is 0 Å². The van der Waals surface area contributed by atoms with Crippen molar-refractivity contribution in [3.8, 4) is 0 Å². The lowest BCUT2D eigenvalue weighted by molar-refractivity contribution is 0.555. The van der Waals surface area contributed by atoms with Crippen LogP contribution in [0.2, 0.25) is 0 Å². The molecule has 0 aliphatic rings. The second-order valence-electron chi connectivity index (χ2n) is 4.91. The van der Waals surface area contributed by atoms with E-state index in [4.69, 9.17) is 0 Å². The zero-order chi connectivity index (χ0) is 13.1. The SMILES string of the molecule is CCCCCCCCCCNCc1csc(Br)c1. The minimum Gasteiger partial charge on any atom is -0.313 e. The Balaban J connectivity index is 1.81. The van der Waals surface area contributed by atoms with E-state index in [1.807, 2.05) is 0 Å². The molecular weight excluding hydrogens is 306 g/mol. The molecule has 0 bridgehead atoms. The first-order valence-electron chi connectivity index (χ1n) is 7.26. The third-order valence-electron chi connectivity index (χ3n) is 3.16. The monoisotopic (exact) mass is 331 g/mol. The molecule has 18 heavy (non-hydrogen) atoms. The highest BCUT2D eigenvalue weighted by atomic mass is 79.9. The van der Waals surface area contributed by atoms with Crippen molar-refractivity contribution in [1.29, 1.82) is 0 Å². The van der Waals surface area contributed by atoms with E-state index >= 15 is 0 Å². The fourth-order valence-electron chi connectivity index (χ4n) is 2.06. The van der Waals surface area contributed by atoms with Crippen molar-refractivity contribution >= 4 is 27.3 Å². The fraction of sp³-hybridized carbons (Fsp3) is 0.733. The first kappa shape index (κ1) is 16.2. The number of hydrogen-bond donors (Lipinski definition) is 1. The second-order valence-corrected chi connectivity index (χ2v) is 7.20. The number of thiophene rings is 1. The third kappa shape index (κ3) is 8.28. The Morgan fingerprint density at radius 3 is 2.33 bits per heavy atom. The molecule has 1 nitrogen and oxygen atoms in total. The van der Waals surface area contributed by atoms with E-state index in [1.165, 1.54) is 60.7 Å². The van der Waals surface area contributed by atoms with Crippen molar-refractivity contribution in [3.05, 3.63) is 20.8 Å². The molecule has 0 unspecified atom stereocenters. The predicted octanol–water partition coefficient (Wildman–Crippen LogP) is 5.74. The summed E-state index contributed by atoms with van der Waals surface area (Å²) in [5.41, 5.74) is 1.39. The van der Waals surface area contributed by atoms with E-state index in [0.717, 1.165) is 13.1 Å². The summed E-state index contributed by atoms with van der Waals surface area (Å²) >= 11 is 5.25. The lowest BCUT2D eigenvalue weighted by Gasteiger charge is -2.03. The van der Waals surface area contributed by atoms with Gasteiger partial charge in [-0.15, -0.1) is 11.3 Å². The average molecular weight is 332 g/mol. The highest BCUT2D eigenvalue weighted by Crippen LogP contribution is 2.20. The zero-order valence-corrected chi connectivity index (χ0v) is 13.9. The number of hydrogen-bond acceptors (Lipinski definition) is 2. The van der Waals surface area contributed by atoms with Gasteiger partial charge in [-0.05, 0) is 45.9 Å². The molecule has 0 radical (unpaired) electrons. The normalized spacial score (nSPS) is 11.0. The average Bonchev–Trinajstić information content (AvgIpc) is 2.77. The van der Waals surface area contributed by atoms with Gasteiger partial charge in [0.25, 0.3) is 0 Å². The second kappa shape index (κ2) is 11.0. The van der Waals surface area contributed by atoms with Crippen molar-refractivity contribution in [2.24, 2.45) is 0 Å². The number of unbranched alkanes of at least 4 members (excludes halogenated alkanes) is 7. The van der Waals surface area contributed by atoms with Crippen LogP contribution in [0, 0.1) is 0 Å². The van der Waals surface area contributed by atoms with E-state index in [0.29, 0.717) is 0 Å². The van der Waals surface area contributed by atoms with Gasteiger partial charge in [0.1, 0.15) is 0 Å². The van der Waals surface area contributed by atoms with Gasteiger partial charge in [0.15, 0.2) is 0 Å². The van der Waals surface area contributed by atoms with Gasteiger partial charge in [0.05, 0.1) is 3.79 Å². The summed E-state index contributed by atoms with van der Waals surface area (Å²) in [4.78, 5) is 0. The van der Waals surface area contributed by atoms with Gasteiger partial charge in [0, 0.05) is 6.54 Å². The molecule has 0 atom stereocenters. The van der Waals surface area contributed by atoms with Gasteiger partial charge in [-0.1, -0.05) is 51.9 Å². The van der Waals surface area contributed by atoms with Crippen LogP contribution in [0.25, 0.3) is 0 Å². The molecule has 0 aliphatic heterocycles. The highest BCUT2D eigenvalue weighted by molar-refractivity contribution is 9.11. The van der Waals surface area contributed by atoms with Crippen LogP contribution in [-0.2, 0) is 6.54 Å². The summed E-state index contributed by atoms with van der Waals surface area (Å²) in [6.07, 6.45) is 11.2. The van der Waals surface area contributed by atoms with Crippen LogP contribution in [0.15, 0.2) is 15.2 Å². The Bertz CT molecular complexity index is 298. The Morgan fingerprint density at radius 1 is 1.06 bits per heavy atom. The molecule has 1 rings (SSSR count). The van der Waals surface area contributed by atoms with Gasteiger partial charge < -0.3 is 5.32 Å². The Hall–Kier alpha value is 0.140. The largest absolute Gasteiger partial charge is 0.313 e. The smallest absolute Gasteiger partial charge is 0.0701 e. The maximum Gasteiger partial charge on any atom is 0.0701 e. The summed E-state index contributed by atoms with van der Waals surface area (Å²) in [5, 5.41) is 5.73. The maximum absolute atomic E-state index is 3.51. The number of halogens is 1. The number of nitrogens with one attached hydrogen (secondary N) is 1. The Morgan fingerprint density at radius 2 is 1.72 bits per heavy atom. The summed E-state index contributed by atoms with van der Waals surface area (Å²) in [5.74, 6) is 0. The standard InChI is InChI=1S/C15H26BrNS/c1-2-3-4-5-6-7-8-9-10-17-12-14-11-15(16)18-13-14/h11,13,17H,2-10,12H2,1H3. The van der Waals surface area contributed by atoms with Crippen molar-refractivity contribution < 1.29 is 0 Å². The first-order valence-corrected chi connectivity index (χ1v) is 8.94. The lowest BCUT2D eigenvalue weighted by Crippen LogP contribution is -2.14. The van der Waals surface area contributed by atoms with Crippen molar-refractivity contribution in [2.45, 2.75) is 64.8 Å². The fourth-order valence-corrected chi connectivity index (χ4v) is 3.26. The van der Waals surface area contributed by atoms with Gasteiger partial charge in [0.2, 0.25) is 0 Å². The van der Waals surface area contributed by atoms with Crippen molar-refractivity contribution in [2.75, 3.05) is 6.54 Å². The quantitative estimate of drug-likeness (QED) is 0.509. The van der Waals surface area contributed by atoms with Crippen LogP contribution in [0.4, 0.5) is 0 Å². The summed E-state index contributed by atoms with van der Waals surface area (Å²) in [7, 11) is 0. The minimum absolute atomic E-state index is 1.01. The lowest BCUT2D eigenvalue weighted by atomic mass is 10.1. The topological polar surface area (TPSA) is 12.0 Å². The van der Waals surface area contributed by atoms with Crippen LogP contribution in [0.1, 0.15) is 63.9 Å². The van der Waals surface area contributed by atoms with E-state index in [-0.39, 0.29) is 0 Å². The summed E-state index contributed by atoms with van der Waals surface area (Å²) in [6.45, 7) is 4.44. The molecule has 104 valence electrons. The molecule has 1 aromatic heterocycles. The molecule has 0 aromatic carbocycles. The molecule has 3 heteroatoms. The predicted molar refractivity (Wildman–Crippen MR) is 86.3 cm³/mol. The molecule has 1 heterocycles. The molecule has 1 aromatic rings. The minimum atomic E-state index is 1.01. The molecule has 1 N–H and O–H groups in total. The highest BCUT2D eigenvalue weighted by Gasteiger charge is 1.96. The van der Waals surface area contributed by atoms with E-state index in [2.05, 4.69) is 39.6 Å². The van der Waals surface area contributed by atoms with Gasteiger partial charge in [-0.25, -0.2) is 0 Å². The molecule has 0 amide bonds. The van der Waals surface area contributed by atoms with E-state index in [1.54, 1.807) is 11.3 Å². The van der Waals surface area contributed by atoms with Crippen LogP contribution in [0.5, 0.6) is 0 Å². The van der Waals surface area contributed by atoms with Gasteiger partial charge in [-0.3, -0.25) is 0 Å². The molecule has 0 fully saturated rings. The number of rotatable bonds is 11. The van der Waals surface area contributed by atoms with Crippen LogP contribution >= 0.6 is 27.3 Å². The summed E-state index contributed by atoms with van der Waals surface area (Å²) < 4.78 is 1.23. The van der Waals surface area contributed by atoms with Gasteiger partial charge >= 0.3 is 0 Å². The van der Waals surface area contributed by atoms with Crippen molar-refractivity contribution in [1.82, 2.24) is 5.32 Å². The first-order chi connectivity index (χ1) is 8.83. The Kier molecular flexibility index (Phi) is 9.90. The van der Waals surface area contributed by atoms with E-state index < -0.39 is 0 Å². The molecule has 0 saturated carbocycles. The van der Waals surface area contributed by atoms with Crippen LogP contribution in [0.3, 0.4) is 0 Å². The van der Waals surface area contributed by atoms with Gasteiger partial charge in [-0.2, -0.15) is 0 Å². The van der Waals surface area contributed by atoms with E-state index in [9.17, 15) is 0 Å². The van der Waals surface area contributed by atoms with Crippen LogP contribution < -0.4 is 5.32 Å². The molecule has 0 saturated heterocycles. The summed E-state index contributed by atoms with van der Waals surface area (Å²) in [6, 6.07) is 2.20. The Labute approximate surface area is 125 Å². The molecule has 0 aliphatic carbocycles. The zero-order valence-electron chi connectivity index (χ0n) is 11.5. The maximum atomic E-state index is 3.51. The van der Waals surface area contributed by atoms with Crippen LogP contribution in [-0.4, -0.2) is 6.54 Å².